The van der Waals surface area contributed by atoms with Gasteiger partial charge in [0.25, 0.3) is 0 Å². The van der Waals surface area contributed by atoms with E-state index in [0.29, 0.717) is 5.92 Å². The first-order valence-corrected chi connectivity index (χ1v) is 51.2. The standard InChI is InChI=1S/C50H45N.C40H43N.C37H37NO/c1-2-10-34(11-3-1)35-20-24-38(25-21-35)51(39-26-22-36(23-27-39)45-31-33-18-19-37(45)30-33)40-28-29-44-43-14-6-9-17-48(43)50(49(44)32-40)46-15-7-4-12-41(46)42-13-5-8-16-47(42)50;1-40(2)38-11-7-6-10-35(38)37-26-34(22-23-39(37)40)41(32-18-14-29(15-19-32)28-8-4-3-5-9-28)33-20-16-30(17-21-33)36-25-27-12-13-31(36)24-27;1-2-6-26(7-3-1)27-12-16-30(17-13-27)38(31-18-14-28(15-19-31)34-23-25-10-11-29(34)22-25)32-20-21-37-35(24-32)33-8-4-5-9-36(33)39-37/h4-9,12-17,20-29,32-34,37,45H,1-3,10-11,18-19,30-31H2;6-7,10-11,14-23,26-28,31,36H,3-5,8-9,12-13,24-25H2,1-2H3;4-5,8-9,12-21,24-26,29,34H,1-3,6-7,10-11,22-23H2. The lowest BCUT2D eigenvalue weighted by molar-refractivity contribution is 0.420. The fourth-order valence-electron chi connectivity index (χ4n) is 28.8. The van der Waals surface area contributed by atoms with Gasteiger partial charge in [0, 0.05) is 67.4 Å². The smallest absolute Gasteiger partial charge is 0.135 e. The van der Waals surface area contributed by atoms with Crippen molar-refractivity contribution in [3.63, 3.8) is 0 Å². The molecule has 4 nitrogen and oxygen atoms in total. The lowest BCUT2D eigenvalue weighted by atomic mass is 9.70. The van der Waals surface area contributed by atoms with Crippen LogP contribution in [0.4, 0.5) is 51.2 Å². The van der Waals surface area contributed by atoms with E-state index in [-0.39, 0.29) is 10.8 Å². The molecule has 9 atom stereocenters. The van der Waals surface area contributed by atoms with Crippen molar-refractivity contribution in [3.8, 4) is 33.4 Å². The molecule has 9 unspecified atom stereocenters. The maximum Gasteiger partial charge on any atom is 0.135 e. The summed E-state index contributed by atoms with van der Waals surface area (Å²) in [7, 11) is 0. The highest BCUT2D eigenvalue weighted by molar-refractivity contribution is 6.07. The fraction of sp³-hybridized carbons (Fsp3) is 0.339. The van der Waals surface area contributed by atoms with Gasteiger partial charge in [-0.25, -0.2) is 0 Å². The average molecular weight is 1710 g/mol. The predicted molar refractivity (Wildman–Crippen MR) is 547 cm³/mol. The van der Waals surface area contributed by atoms with Gasteiger partial charge in [-0.05, 0) is 389 Å². The Labute approximate surface area is 777 Å². The van der Waals surface area contributed by atoms with Gasteiger partial charge in [-0.15, -0.1) is 0 Å². The highest BCUT2D eigenvalue weighted by Gasteiger charge is 2.52. The third kappa shape index (κ3) is 14.4. The topological polar surface area (TPSA) is 22.9 Å². The summed E-state index contributed by atoms with van der Waals surface area (Å²) in [5.74, 6) is 10.0. The van der Waals surface area contributed by atoms with Crippen LogP contribution < -0.4 is 14.7 Å². The highest BCUT2D eigenvalue weighted by Crippen LogP contribution is 2.65. The normalized spacial score (nSPS) is 23.1. The molecule has 15 aromatic rings. The number of rotatable bonds is 15. The Hall–Kier alpha value is -11.7. The van der Waals surface area contributed by atoms with Gasteiger partial charge in [0.1, 0.15) is 11.2 Å². The van der Waals surface area contributed by atoms with Crippen LogP contribution in [-0.2, 0) is 10.8 Å². The van der Waals surface area contributed by atoms with Crippen molar-refractivity contribution in [1.29, 1.82) is 0 Å². The zero-order valence-corrected chi connectivity index (χ0v) is 76.9. The molecule has 1 heterocycles. The van der Waals surface area contributed by atoms with E-state index in [1.807, 2.05) is 6.07 Å². The van der Waals surface area contributed by atoms with Crippen LogP contribution in [0.15, 0.2) is 326 Å². The Bertz CT molecular complexity index is 6650. The van der Waals surface area contributed by atoms with E-state index >= 15 is 0 Å². The van der Waals surface area contributed by atoms with E-state index < -0.39 is 0 Å². The molecule has 0 radical (unpaired) electrons. The van der Waals surface area contributed by atoms with E-state index in [2.05, 4.69) is 344 Å². The SMILES string of the molecule is CC1(C)c2ccccc2-c2cc(N(c3ccc(C4CCCCC4)cc3)c3ccc(C4CC5CCC4C5)cc3)ccc21.c1ccc2c(c1)-c1ccccc1C21c2ccccc2-c2ccc(N(c3ccc(C4CCCCC4)cc3)c3ccc(C4CC5CCC4C5)cc3)cc21.c1ccc2c(c1)oc1ccc(N(c3ccc(C4CCCCC4)cc3)c3ccc(C4CC5CCC4C5)cc3)cc12. The van der Waals surface area contributed by atoms with Crippen molar-refractivity contribution in [1.82, 2.24) is 0 Å². The summed E-state index contributed by atoms with van der Waals surface area (Å²) in [6.07, 6.45) is 37.5. The maximum atomic E-state index is 6.16. The zero-order chi connectivity index (χ0) is 86.8. The van der Waals surface area contributed by atoms with Crippen LogP contribution in [0.1, 0.15) is 289 Å². The first-order valence-electron chi connectivity index (χ1n) is 51.2. The number of furan rings is 1. The molecule has 14 aromatic carbocycles. The number of hydrogen-bond acceptors (Lipinski definition) is 4. The van der Waals surface area contributed by atoms with Crippen LogP contribution in [0, 0.1) is 35.5 Å². The number of fused-ring (bicyclic) bond motifs is 22. The van der Waals surface area contributed by atoms with Crippen LogP contribution in [0.5, 0.6) is 0 Å². The molecule has 0 amide bonds. The van der Waals surface area contributed by atoms with Crippen molar-refractivity contribution in [3.05, 3.63) is 388 Å². The van der Waals surface area contributed by atoms with Gasteiger partial charge in [-0.2, -0.15) is 0 Å². The number of benzene rings is 14. The third-order valence-electron chi connectivity index (χ3n) is 35.3. The second-order valence-electron chi connectivity index (χ2n) is 42.7. The Balaban J connectivity index is 0.000000107. The summed E-state index contributed by atoms with van der Waals surface area (Å²) in [6, 6.07) is 124. The summed E-state index contributed by atoms with van der Waals surface area (Å²) >= 11 is 0. The van der Waals surface area contributed by atoms with Crippen LogP contribution in [0.2, 0.25) is 0 Å². The molecule has 6 bridgehead atoms. The molecule has 654 valence electrons. The molecule has 0 N–H and O–H groups in total. The Morgan fingerprint density at radius 1 is 0.221 bits per heavy atom. The second-order valence-corrected chi connectivity index (χ2v) is 42.7. The van der Waals surface area contributed by atoms with Crippen molar-refractivity contribution < 1.29 is 4.42 Å². The Morgan fingerprint density at radius 3 is 0.916 bits per heavy atom. The average Bonchev–Trinajstić information content (AvgIpc) is 1.51. The number of nitrogens with zero attached hydrogens (tertiary/aromatic N) is 3. The molecule has 0 aliphatic heterocycles. The fourth-order valence-corrected chi connectivity index (χ4v) is 28.8. The van der Waals surface area contributed by atoms with Gasteiger partial charge in [-0.3, -0.25) is 0 Å². The van der Waals surface area contributed by atoms with Crippen molar-refractivity contribution >= 4 is 73.1 Å². The van der Waals surface area contributed by atoms with Gasteiger partial charge >= 0.3 is 0 Å². The molecule has 4 heteroatoms. The Morgan fingerprint density at radius 2 is 0.527 bits per heavy atom. The number of anilines is 9. The summed E-state index contributed by atoms with van der Waals surface area (Å²) in [5.41, 5.74) is 38.4. The molecular weight excluding hydrogens is 1580 g/mol. The largest absolute Gasteiger partial charge is 0.456 e. The molecule has 0 saturated heterocycles. The van der Waals surface area contributed by atoms with Crippen molar-refractivity contribution in [2.75, 3.05) is 14.7 Å². The predicted octanol–water partition coefficient (Wildman–Crippen LogP) is 35.9. The lowest BCUT2D eigenvalue weighted by Crippen LogP contribution is -2.26. The monoisotopic (exact) mass is 1710 g/mol. The maximum absolute atomic E-state index is 6.16. The molecule has 9 saturated carbocycles. The number of hydrogen-bond donors (Lipinski definition) is 0. The van der Waals surface area contributed by atoms with Crippen molar-refractivity contribution in [2.45, 2.75) is 234 Å². The van der Waals surface area contributed by atoms with Gasteiger partial charge in [0.15, 0.2) is 0 Å². The minimum Gasteiger partial charge on any atom is -0.456 e. The van der Waals surface area contributed by atoms with E-state index in [1.165, 1.54) is 324 Å². The summed E-state index contributed by atoms with van der Waals surface area (Å²) in [4.78, 5) is 7.44. The van der Waals surface area contributed by atoms with Crippen LogP contribution >= 0.6 is 0 Å². The second kappa shape index (κ2) is 33.8. The summed E-state index contributed by atoms with van der Waals surface area (Å²) in [6.45, 7) is 4.74. The summed E-state index contributed by atoms with van der Waals surface area (Å²) in [5, 5.41) is 2.35. The quantitative estimate of drug-likeness (QED) is 0.102. The van der Waals surface area contributed by atoms with Crippen LogP contribution in [0.25, 0.3) is 55.3 Å². The minimum absolute atomic E-state index is 0.0270. The highest BCUT2D eigenvalue weighted by atomic mass is 16.3. The molecule has 12 aliphatic carbocycles. The lowest BCUT2D eigenvalue weighted by Gasteiger charge is -2.32. The number of para-hydroxylation sites is 1. The molecule has 1 aromatic heterocycles. The van der Waals surface area contributed by atoms with Crippen LogP contribution in [0.3, 0.4) is 0 Å². The van der Waals surface area contributed by atoms with Crippen LogP contribution in [-0.4, -0.2) is 0 Å². The molecule has 9 fully saturated rings. The van der Waals surface area contributed by atoms with E-state index in [0.717, 1.165) is 76.3 Å². The molecule has 131 heavy (non-hydrogen) atoms. The molecule has 27 rings (SSSR count). The van der Waals surface area contributed by atoms with E-state index in [1.54, 1.807) is 11.1 Å². The van der Waals surface area contributed by atoms with Crippen molar-refractivity contribution in [2.24, 2.45) is 35.5 Å². The summed E-state index contributed by atoms with van der Waals surface area (Å²) < 4.78 is 6.16. The van der Waals surface area contributed by atoms with E-state index in [4.69, 9.17) is 4.42 Å². The molecule has 1 spiro atoms. The van der Waals surface area contributed by atoms with Gasteiger partial charge in [0.2, 0.25) is 0 Å². The first-order chi connectivity index (χ1) is 64.6. The molecular formula is C127H125N3O. The van der Waals surface area contributed by atoms with Gasteiger partial charge < -0.3 is 19.1 Å². The molecule has 12 aliphatic rings. The first kappa shape index (κ1) is 81.3. The zero-order valence-electron chi connectivity index (χ0n) is 76.9. The van der Waals surface area contributed by atoms with Gasteiger partial charge in [0.05, 0.1) is 5.41 Å². The minimum atomic E-state index is -0.350. The van der Waals surface area contributed by atoms with Gasteiger partial charge in [-0.1, -0.05) is 291 Å². The third-order valence-corrected chi connectivity index (χ3v) is 35.3. The van der Waals surface area contributed by atoms with E-state index in [9.17, 15) is 0 Å². The Kier molecular flexibility index (Phi) is 21.0.